The van der Waals surface area contributed by atoms with E-state index >= 15 is 0 Å². The van der Waals surface area contributed by atoms with Crippen LogP contribution in [0.1, 0.15) is 22.7 Å². The van der Waals surface area contributed by atoms with Crippen LogP contribution in [-0.2, 0) is 6.42 Å². The van der Waals surface area contributed by atoms with Gasteiger partial charge < -0.3 is 0 Å². The molecule has 0 saturated heterocycles. The van der Waals surface area contributed by atoms with Crippen molar-refractivity contribution in [3.8, 4) is 0 Å². The Kier molecular flexibility index (Phi) is 4.70. The molecular weight excluding hydrogens is 282 g/mol. The highest BCUT2D eigenvalue weighted by Gasteiger charge is 2.15. The average molecular weight is 297 g/mol. The predicted octanol–water partition coefficient (Wildman–Crippen LogP) is 3.67. The molecule has 0 saturated carbocycles. The highest BCUT2D eigenvalue weighted by atomic mass is 35.5. The van der Waals surface area contributed by atoms with Gasteiger partial charge in [-0.05, 0) is 42.7 Å². The fourth-order valence-electron chi connectivity index (χ4n) is 2.08. The maximum atomic E-state index is 14.0. The van der Waals surface area contributed by atoms with Crippen molar-refractivity contribution in [1.82, 2.24) is 5.43 Å². The minimum atomic E-state index is -0.478. The van der Waals surface area contributed by atoms with Gasteiger partial charge in [0.15, 0.2) is 0 Å². The van der Waals surface area contributed by atoms with Crippen molar-refractivity contribution in [3.63, 3.8) is 0 Å². The molecule has 0 bridgehead atoms. The van der Waals surface area contributed by atoms with Crippen LogP contribution in [-0.4, -0.2) is 0 Å². The summed E-state index contributed by atoms with van der Waals surface area (Å²) in [4.78, 5) is 0. The molecule has 2 nitrogen and oxygen atoms in total. The zero-order valence-electron chi connectivity index (χ0n) is 11.0. The van der Waals surface area contributed by atoms with Gasteiger partial charge >= 0.3 is 0 Å². The SMILES string of the molecule is Cc1ccc(C(Cc2ccc(F)c(Cl)c2)NN)c(F)c1. The molecule has 0 spiro atoms. The smallest absolute Gasteiger partial charge is 0.141 e. The molecule has 0 heterocycles. The standard InChI is InChI=1S/C15H15ClF2N2/c1-9-2-4-11(14(18)6-9)15(20-19)8-10-3-5-13(17)12(16)7-10/h2-7,15,20H,8,19H2,1H3. The van der Waals surface area contributed by atoms with E-state index in [2.05, 4.69) is 5.43 Å². The fraction of sp³-hybridized carbons (Fsp3) is 0.200. The van der Waals surface area contributed by atoms with Gasteiger partial charge in [0.05, 0.1) is 11.1 Å². The predicted molar refractivity (Wildman–Crippen MR) is 76.3 cm³/mol. The Hall–Kier alpha value is -1.49. The van der Waals surface area contributed by atoms with Crippen LogP contribution in [0.5, 0.6) is 0 Å². The maximum absolute atomic E-state index is 14.0. The van der Waals surface area contributed by atoms with Crippen molar-refractivity contribution in [2.45, 2.75) is 19.4 Å². The summed E-state index contributed by atoms with van der Waals surface area (Å²) >= 11 is 5.74. The van der Waals surface area contributed by atoms with Crippen molar-refractivity contribution >= 4 is 11.6 Å². The molecule has 5 heteroatoms. The summed E-state index contributed by atoms with van der Waals surface area (Å²) in [5.41, 5.74) is 4.67. The largest absolute Gasteiger partial charge is 0.271 e. The molecule has 0 amide bonds. The third kappa shape index (κ3) is 3.33. The summed E-state index contributed by atoms with van der Waals surface area (Å²) in [5, 5.41) is 0.0441. The van der Waals surface area contributed by atoms with Gasteiger partial charge in [-0.15, -0.1) is 0 Å². The third-order valence-electron chi connectivity index (χ3n) is 3.16. The van der Waals surface area contributed by atoms with E-state index in [9.17, 15) is 8.78 Å². The van der Waals surface area contributed by atoms with Crippen LogP contribution in [0.3, 0.4) is 0 Å². The Morgan fingerprint density at radius 1 is 1.15 bits per heavy atom. The number of nitrogens with two attached hydrogens (primary N) is 1. The Balaban J connectivity index is 2.26. The molecule has 0 radical (unpaired) electrons. The van der Waals surface area contributed by atoms with E-state index < -0.39 is 11.9 Å². The molecule has 2 rings (SSSR count). The van der Waals surface area contributed by atoms with Crippen molar-refractivity contribution in [1.29, 1.82) is 0 Å². The summed E-state index contributed by atoms with van der Waals surface area (Å²) in [6.07, 6.45) is 0.413. The minimum absolute atomic E-state index is 0.0441. The van der Waals surface area contributed by atoms with E-state index in [1.165, 1.54) is 18.2 Å². The molecular formula is C15H15ClF2N2. The van der Waals surface area contributed by atoms with Crippen molar-refractivity contribution in [3.05, 3.63) is 69.7 Å². The van der Waals surface area contributed by atoms with Gasteiger partial charge in [-0.2, -0.15) is 0 Å². The maximum Gasteiger partial charge on any atom is 0.141 e. The molecule has 2 aromatic carbocycles. The molecule has 0 aliphatic carbocycles. The van der Waals surface area contributed by atoms with Gasteiger partial charge in [-0.3, -0.25) is 11.3 Å². The molecule has 1 atom stereocenters. The Bertz CT molecular complexity index is 617. The van der Waals surface area contributed by atoms with E-state index in [1.807, 2.05) is 13.0 Å². The number of hydrogen-bond donors (Lipinski definition) is 2. The Morgan fingerprint density at radius 3 is 2.50 bits per heavy atom. The number of hydrazine groups is 1. The van der Waals surface area contributed by atoms with E-state index in [-0.39, 0.29) is 10.8 Å². The van der Waals surface area contributed by atoms with Crippen LogP contribution in [0.15, 0.2) is 36.4 Å². The number of halogens is 3. The first kappa shape index (κ1) is 14.9. The highest BCUT2D eigenvalue weighted by Crippen LogP contribution is 2.24. The molecule has 0 aromatic heterocycles. The first-order chi connectivity index (χ1) is 9.51. The third-order valence-corrected chi connectivity index (χ3v) is 3.45. The first-order valence-electron chi connectivity index (χ1n) is 6.17. The molecule has 20 heavy (non-hydrogen) atoms. The van der Waals surface area contributed by atoms with Crippen LogP contribution in [0.4, 0.5) is 8.78 Å². The van der Waals surface area contributed by atoms with Crippen molar-refractivity contribution in [2.75, 3.05) is 0 Å². The molecule has 106 valence electrons. The lowest BCUT2D eigenvalue weighted by molar-refractivity contribution is 0.509. The Morgan fingerprint density at radius 2 is 1.90 bits per heavy atom. The van der Waals surface area contributed by atoms with Gasteiger partial charge in [-0.1, -0.05) is 29.8 Å². The summed E-state index contributed by atoms with van der Waals surface area (Å²) in [5.74, 6) is 4.71. The lowest BCUT2D eigenvalue weighted by Crippen LogP contribution is -2.30. The van der Waals surface area contributed by atoms with Crippen LogP contribution in [0, 0.1) is 18.6 Å². The highest BCUT2D eigenvalue weighted by molar-refractivity contribution is 6.30. The van der Waals surface area contributed by atoms with Gasteiger partial charge in [0.2, 0.25) is 0 Å². The molecule has 0 aliphatic heterocycles. The first-order valence-corrected chi connectivity index (χ1v) is 6.55. The summed E-state index contributed by atoms with van der Waals surface area (Å²) < 4.78 is 27.1. The van der Waals surface area contributed by atoms with Gasteiger partial charge in [0.25, 0.3) is 0 Å². The summed E-state index contributed by atoms with van der Waals surface area (Å²) in [7, 11) is 0. The Labute approximate surface area is 121 Å². The number of aryl methyl sites for hydroxylation is 1. The average Bonchev–Trinajstić information content (AvgIpc) is 2.41. The van der Waals surface area contributed by atoms with Crippen LogP contribution < -0.4 is 11.3 Å². The second-order valence-corrected chi connectivity index (χ2v) is 5.10. The van der Waals surface area contributed by atoms with E-state index in [4.69, 9.17) is 17.4 Å². The molecule has 1 unspecified atom stereocenters. The number of hydrogen-bond acceptors (Lipinski definition) is 2. The topological polar surface area (TPSA) is 38.0 Å². The second-order valence-electron chi connectivity index (χ2n) is 4.70. The quantitative estimate of drug-likeness (QED) is 0.667. The van der Waals surface area contributed by atoms with Gasteiger partial charge in [0, 0.05) is 5.56 Å². The molecule has 0 aliphatic rings. The van der Waals surface area contributed by atoms with Gasteiger partial charge in [-0.25, -0.2) is 8.78 Å². The second kappa shape index (κ2) is 6.31. The minimum Gasteiger partial charge on any atom is -0.271 e. The van der Waals surface area contributed by atoms with E-state index in [0.29, 0.717) is 12.0 Å². The lowest BCUT2D eigenvalue weighted by atomic mass is 9.98. The zero-order valence-corrected chi connectivity index (χ0v) is 11.7. The molecule has 0 fully saturated rings. The molecule has 3 N–H and O–H groups in total. The van der Waals surface area contributed by atoms with Crippen LogP contribution in [0.25, 0.3) is 0 Å². The van der Waals surface area contributed by atoms with E-state index in [1.54, 1.807) is 12.1 Å². The fourth-order valence-corrected chi connectivity index (χ4v) is 2.28. The van der Waals surface area contributed by atoms with Crippen LogP contribution >= 0.6 is 11.6 Å². The normalized spacial score (nSPS) is 12.4. The van der Waals surface area contributed by atoms with Crippen molar-refractivity contribution in [2.24, 2.45) is 5.84 Å². The number of nitrogens with one attached hydrogen (secondary N) is 1. The monoisotopic (exact) mass is 296 g/mol. The van der Waals surface area contributed by atoms with Gasteiger partial charge in [0.1, 0.15) is 11.6 Å². The number of benzene rings is 2. The number of rotatable bonds is 4. The van der Waals surface area contributed by atoms with Crippen molar-refractivity contribution < 1.29 is 8.78 Å². The lowest BCUT2D eigenvalue weighted by Gasteiger charge is -2.17. The zero-order chi connectivity index (χ0) is 14.7. The molecule has 2 aromatic rings. The van der Waals surface area contributed by atoms with E-state index in [0.717, 1.165) is 11.1 Å². The summed E-state index contributed by atoms with van der Waals surface area (Å²) in [6.45, 7) is 1.82. The summed E-state index contributed by atoms with van der Waals surface area (Å²) in [6, 6.07) is 8.98. The van der Waals surface area contributed by atoms with Crippen LogP contribution in [0.2, 0.25) is 5.02 Å².